The number of nitrogens with one attached hydrogen (secondary N) is 1. The highest BCUT2D eigenvalue weighted by molar-refractivity contribution is 7.22. The zero-order valence-electron chi connectivity index (χ0n) is 12.8. The number of carbonyl (C=O) groups excluding carboxylic acids is 1. The summed E-state index contributed by atoms with van der Waals surface area (Å²) in [6.45, 7) is 0.852. The fraction of sp³-hybridized carbons (Fsp3) is 0.222. The Morgan fingerprint density at radius 2 is 2.12 bits per heavy atom. The second-order valence-electron chi connectivity index (χ2n) is 5.90. The molecule has 0 saturated carbocycles. The average molecular weight is 338 g/mol. The molecule has 0 fully saturated rings. The van der Waals surface area contributed by atoms with Crippen molar-refractivity contribution in [2.45, 2.75) is 12.8 Å². The molecule has 0 bridgehead atoms. The Morgan fingerprint density at radius 3 is 3.00 bits per heavy atom. The topological polar surface area (TPSA) is 60.5 Å². The predicted octanol–water partition coefficient (Wildman–Crippen LogP) is 3.37. The van der Waals surface area contributed by atoms with Crippen LogP contribution in [0.5, 0.6) is 0 Å². The first-order valence-corrected chi connectivity index (χ1v) is 8.71. The van der Waals surface area contributed by atoms with Gasteiger partial charge in [0.05, 0.1) is 10.2 Å². The fourth-order valence-corrected chi connectivity index (χ4v) is 4.35. The maximum atomic E-state index is 12.2. The van der Waals surface area contributed by atoms with Crippen LogP contribution in [0.2, 0.25) is 0 Å². The van der Waals surface area contributed by atoms with Crippen LogP contribution in [0.1, 0.15) is 11.1 Å². The number of ether oxygens (including phenoxy) is 2. The van der Waals surface area contributed by atoms with Crippen molar-refractivity contribution in [2.24, 2.45) is 0 Å². The lowest BCUT2D eigenvalue weighted by molar-refractivity contribution is -0.117. The molecule has 2 aromatic carbocycles. The molecule has 5 nitrogen and oxygen atoms in total. The van der Waals surface area contributed by atoms with Crippen molar-refractivity contribution < 1.29 is 14.3 Å². The van der Waals surface area contributed by atoms with Gasteiger partial charge in [0, 0.05) is 5.39 Å². The van der Waals surface area contributed by atoms with E-state index in [0.29, 0.717) is 18.3 Å². The first kappa shape index (κ1) is 13.8. The molecule has 120 valence electrons. The summed E-state index contributed by atoms with van der Waals surface area (Å²) in [5.41, 5.74) is 3.72. The largest absolute Gasteiger partial charge is 0.494 e. The fourth-order valence-electron chi connectivity index (χ4n) is 3.40. The minimum absolute atomic E-state index is 0.189. The number of nitrogens with zero attached hydrogens (tertiary/aromatic N) is 1. The third kappa shape index (κ3) is 2.06. The lowest BCUT2D eigenvalue weighted by atomic mass is 10.0. The molecule has 1 amide bonds. The van der Waals surface area contributed by atoms with Gasteiger partial charge in [0.2, 0.25) is 5.76 Å². The summed E-state index contributed by atoms with van der Waals surface area (Å²) in [4.78, 5) is 16.9. The Labute approximate surface area is 141 Å². The molecule has 1 aliphatic heterocycles. The van der Waals surface area contributed by atoms with E-state index in [1.807, 2.05) is 0 Å². The summed E-state index contributed by atoms with van der Waals surface area (Å²) in [5, 5.41) is 5.90. The summed E-state index contributed by atoms with van der Waals surface area (Å²) in [6.07, 6.45) is 3.52. The molecule has 1 aliphatic carbocycles. The van der Waals surface area contributed by atoms with Crippen molar-refractivity contribution in [1.29, 1.82) is 0 Å². The molecule has 1 N–H and O–H groups in total. The molecule has 0 spiro atoms. The van der Waals surface area contributed by atoms with Gasteiger partial charge in [-0.3, -0.25) is 10.1 Å². The standard InChI is InChI=1S/C18H14N2O3S/c21-17(13-9-22-6-7-23-13)20-18-19-16-12-3-1-2-10-4-5-11(15(10)12)8-14(16)24-18/h1-3,8-9H,4-7H2,(H,19,20,21). The van der Waals surface area contributed by atoms with E-state index in [4.69, 9.17) is 9.47 Å². The summed E-state index contributed by atoms with van der Waals surface area (Å²) in [5.74, 6) is -0.138. The Morgan fingerprint density at radius 1 is 1.21 bits per heavy atom. The first-order valence-electron chi connectivity index (χ1n) is 7.89. The van der Waals surface area contributed by atoms with E-state index in [9.17, 15) is 4.79 Å². The van der Waals surface area contributed by atoms with E-state index in [2.05, 4.69) is 34.6 Å². The number of hydrogen-bond acceptors (Lipinski definition) is 5. The highest BCUT2D eigenvalue weighted by Crippen LogP contribution is 2.39. The predicted molar refractivity (Wildman–Crippen MR) is 93.2 cm³/mol. The smallest absolute Gasteiger partial charge is 0.295 e. The van der Waals surface area contributed by atoms with Gasteiger partial charge in [0.15, 0.2) is 5.13 Å². The number of carbonyl (C=O) groups is 1. The maximum absolute atomic E-state index is 12.2. The van der Waals surface area contributed by atoms with Gasteiger partial charge < -0.3 is 9.47 Å². The summed E-state index contributed by atoms with van der Waals surface area (Å²) >= 11 is 1.49. The number of anilines is 1. The number of fused-ring (bicyclic) bond motifs is 2. The Bertz CT molecular complexity index is 1020. The molecule has 6 heteroatoms. The normalized spacial score (nSPS) is 15.9. The number of benzene rings is 2. The van der Waals surface area contributed by atoms with E-state index < -0.39 is 0 Å². The van der Waals surface area contributed by atoms with Crippen LogP contribution in [0.3, 0.4) is 0 Å². The molecule has 1 aromatic heterocycles. The van der Waals surface area contributed by atoms with E-state index >= 15 is 0 Å². The van der Waals surface area contributed by atoms with E-state index in [1.165, 1.54) is 39.5 Å². The number of amides is 1. The molecular weight excluding hydrogens is 324 g/mol. The molecular formula is C18H14N2O3S. The number of hydrogen-bond donors (Lipinski definition) is 1. The highest BCUT2D eigenvalue weighted by Gasteiger charge is 2.20. The first-order chi connectivity index (χ1) is 11.8. The van der Waals surface area contributed by atoms with Crippen molar-refractivity contribution in [1.82, 2.24) is 4.98 Å². The third-order valence-corrected chi connectivity index (χ3v) is 5.36. The van der Waals surface area contributed by atoms with E-state index in [0.717, 1.165) is 23.1 Å². The van der Waals surface area contributed by atoms with Crippen LogP contribution < -0.4 is 5.32 Å². The van der Waals surface area contributed by atoms with Gasteiger partial charge in [-0.25, -0.2) is 4.98 Å². The quantitative estimate of drug-likeness (QED) is 0.778. The van der Waals surface area contributed by atoms with Gasteiger partial charge in [0.25, 0.3) is 5.91 Å². The molecule has 24 heavy (non-hydrogen) atoms. The zero-order valence-corrected chi connectivity index (χ0v) is 13.6. The number of aryl methyl sites for hydroxylation is 2. The van der Waals surface area contributed by atoms with E-state index in [1.54, 1.807) is 0 Å². The van der Waals surface area contributed by atoms with Gasteiger partial charge in [0.1, 0.15) is 19.5 Å². The van der Waals surface area contributed by atoms with Gasteiger partial charge in [-0.15, -0.1) is 0 Å². The van der Waals surface area contributed by atoms with Gasteiger partial charge >= 0.3 is 0 Å². The number of thiazole rings is 1. The van der Waals surface area contributed by atoms with E-state index in [-0.39, 0.29) is 11.7 Å². The van der Waals surface area contributed by atoms with Crippen LogP contribution in [0.15, 0.2) is 36.3 Å². The van der Waals surface area contributed by atoms with Gasteiger partial charge in [-0.1, -0.05) is 29.5 Å². The van der Waals surface area contributed by atoms with Gasteiger partial charge in [-0.05, 0) is 35.4 Å². The summed E-state index contributed by atoms with van der Waals surface area (Å²) < 4.78 is 11.5. The van der Waals surface area contributed by atoms with Crippen LogP contribution in [-0.2, 0) is 27.1 Å². The molecule has 5 rings (SSSR count). The Kier molecular flexibility index (Phi) is 2.99. The minimum Gasteiger partial charge on any atom is -0.494 e. The van der Waals surface area contributed by atoms with Crippen LogP contribution in [0.25, 0.3) is 21.0 Å². The van der Waals surface area contributed by atoms with Crippen molar-refractivity contribution in [3.05, 3.63) is 47.4 Å². The zero-order chi connectivity index (χ0) is 16.1. The molecule has 0 unspecified atom stereocenters. The van der Waals surface area contributed by atoms with Crippen LogP contribution >= 0.6 is 11.3 Å². The van der Waals surface area contributed by atoms with Crippen LogP contribution in [-0.4, -0.2) is 24.1 Å². The summed E-state index contributed by atoms with van der Waals surface area (Å²) in [6, 6.07) is 8.59. The lowest BCUT2D eigenvalue weighted by Gasteiger charge is -2.14. The van der Waals surface area contributed by atoms with Crippen molar-refractivity contribution in [3.8, 4) is 0 Å². The van der Waals surface area contributed by atoms with Crippen LogP contribution in [0, 0.1) is 0 Å². The average Bonchev–Trinajstić information content (AvgIpc) is 3.21. The van der Waals surface area contributed by atoms with Crippen LogP contribution in [0.4, 0.5) is 5.13 Å². The molecule has 2 heterocycles. The molecule has 0 atom stereocenters. The Hall–Kier alpha value is -2.60. The summed E-state index contributed by atoms with van der Waals surface area (Å²) in [7, 11) is 0. The minimum atomic E-state index is -0.328. The van der Waals surface area contributed by atoms with Gasteiger partial charge in [-0.2, -0.15) is 0 Å². The molecule has 2 aliphatic rings. The highest BCUT2D eigenvalue weighted by atomic mass is 32.1. The Balaban J connectivity index is 1.57. The molecule has 0 saturated heterocycles. The van der Waals surface area contributed by atoms with Crippen molar-refractivity contribution in [3.63, 3.8) is 0 Å². The third-order valence-electron chi connectivity index (χ3n) is 4.44. The van der Waals surface area contributed by atoms with Crippen molar-refractivity contribution in [2.75, 3.05) is 18.5 Å². The monoisotopic (exact) mass is 338 g/mol. The number of aromatic nitrogens is 1. The lowest BCUT2D eigenvalue weighted by Crippen LogP contribution is -2.20. The maximum Gasteiger partial charge on any atom is 0.295 e. The second-order valence-corrected chi connectivity index (χ2v) is 6.93. The molecule has 0 radical (unpaired) electrons. The molecule has 3 aromatic rings. The number of rotatable bonds is 2. The SMILES string of the molecule is O=C(Nc1nc2c(cc3c4c(cccc42)CC3)s1)C1=COCCO1. The van der Waals surface area contributed by atoms with Crippen molar-refractivity contribution >= 4 is 43.4 Å². The second kappa shape index (κ2) is 5.21.